The Labute approximate surface area is 175 Å². The van der Waals surface area contributed by atoms with Crippen LogP contribution in [0.25, 0.3) is 10.9 Å². The molecule has 1 aromatic heterocycles. The van der Waals surface area contributed by atoms with Crippen LogP contribution in [-0.4, -0.2) is 74.3 Å². The number of rotatable bonds is 7. The number of likely N-dealkylation sites (tertiary alicyclic amines) is 1. The molecule has 0 bridgehead atoms. The summed E-state index contributed by atoms with van der Waals surface area (Å²) in [5, 5.41) is 27.5. The first-order valence-corrected chi connectivity index (χ1v) is 10.1. The van der Waals surface area contributed by atoms with E-state index in [2.05, 4.69) is 10.4 Å². The van der Waals surface area contributed by atoms with Gasteiger partial charge in [-0.2, -0.15) is 5.10 Å². The molecular formula is C21H30N4O5. The quantitative estimate of drug-likeness (QED) is 0.635. The van der Waals surface area contributed by atoms with Crippen LogP contribution in [0.2, 0.25) is 0 Å². The van der Waals surface area contributed by atoms with Crippen LogP contribution >= 0.6 is 0 Å². The number of carboxylic acid groups (broad SMARTS) is 1. The van der Waals surface area contributed by atoms with Crippen LogP contribution in [0.5, 0.6) is 0 Å². The van der Waals surface area contributed by atoms with Crippen LogP contribution in [0.15, 0.2) is 24.3 Å². The number of carbonyl (C=O) groups is 2. The molecule has 30 heavy (non-hydrogen) atoms. The smallest absolute Gasteiger partial charge is 0.407 e. The van der Waals surface area contributed by atoms with Crippen LogP contribution in [0.1, 0.15) is 50.6 Å². The molecule has 9 heteroatoms. The summed E-state index contributed by atoms with van der Waals surface area (Å²) in [4.78, 5) is 25.9. The Balaban J connectivity index is 1.71. The fourth-order valence-corrected chi connectivity index (χ4v) is 3.76. The van der Waals surface area contributed by atoms with Crippen molar-refractivity contribution in [3.8, 4) is 0 Å². The van der Waals surface area contributed by atoms with Crippen LogP contribution in [-0.2, 0) is 4.74 Å². The van der Waals surface area contributed by atoms with Crippen molar-refractivity contribution in [3.63, 3.8) is 0 Å². The maximum atomic E-state index is 13.0. The summed E-state index contributed by atoms with van der Waals surface area (Å²) in [5.74, 6) is -0.320. The van der Waals surface area contributed by atoms with Gasteiger partial charge in [-0.15, -0.1) is 0 Å². The van der Waals surface area contributed by atoms with E-state index in [9.17, 15) is 19.8 Å². The maximum absolute atomic E-state index is 13.0. The highest BCUT2D eigenvalue weighted by molar-refractivity contribution is 6.05. The summed E-state index contributed by atoms with van der Waals surface area (Å²) in [6.07, 6.45) is -0.620. The molecule has 1 aromatic carbocycles. The van der Waals surface area contributed by atoms with E-state index in [1.807, 2.05) is 42.8 Å². The van der Waals surface area contributed by atoms with Gasteiger partial charge >= 0.3 is 6.09 Å². The van der Waals surface area contributed by atoms with Crippen LogP contribution < -0.4 is 5.32 Å². The second-order valence-corrected chi connectivity index (χ2v) is 8.73. The molecule has 2 amide bonds. The predicted octanol–water partition coefficient (Wildman–Crippen LogP) is 2.26. The molecule has 3 N–H and O–H groups in total. The third-order valence-corrected chi connectivity index (χ3v) is 5.08. The van der Waals surface area contributed by atoms with Gasteiger partial charge in [-0.3, -0.25) is 9.48 Å². The summed E-state index contributed by atoms with van der Waals surface area (Å²) < 4.78 is 7.32. The lowest BCUT2D eigenvalue weighted by atomic mass is 10.1. The highest BCUT2D eigenvalue weighted by Crippen LogP contribution is 2.23. The van der Waals surface area contributed by atoms with Gasteiger partial charge in [0.1, 0.15) is 0 Å². The van der Waals surface area contributed by atoms with Crippen molar-refractivity contribution in [2.24, 2.45) is 0 Å². The average molecular weight is 418 g/mol. The monoisotopic (exact) mass is 418 g/mol. The fourth-order valence-electron chi connectivity index (χ4n) is 3.76. The normalized spacial score (nSPS) is 19.6. The Morgan fingerprint density at radius 3 is 2.67 bits per heavy atom. The molecule has 1 fully saturated rings. The van der Waals surface area contributed by atoms with Gasteiger partial charge in [0.05, 0.1) is 30.4 Å². The third-order valence-electron chi connectivity index (χ3n) is 5.08. The Morgan fingerprint density at radius 1 is 1.33 bits per heavy atom. The van der Waals surface area contributed by atoms with Crippen molar-refractivity contribution in [3.05, 3.63) is 30.0 Å². The van der Waals surface area contributed by atoms with Crippen molar-refractivity contribution in [1.29, 1.82) is 0 Å². The Kier molecular flexibility index (Phi) is 6.33. The summed E-state index contributed by atoms with van der Waals surface area (Å²) in [6, 6.07) is 6.93. The van der Waals surface area contributed by atoms with E-state index in [4.69, 9.17) is 4.74 Å². The number of aromatic nitrogens is 2. The second-order valence-electron chi connectivity index (χ2n) is 8.73. The molecule has 0 unspecified atom stereocenters. The molecule has 1 saturated heterocycles. The summed E-state index contributed by atoms with van der Waals surface area (Å²) in [7, 11) is 0. The number of ether oxygens (including phenoxy) is 1. The minimum Gasteiger partial charge on any atom is -0.465 e. The number of aliphatic hydroxyl groups is 1. The summed E-state index contributed by atoms with van der Waals surface area (Å²) in [6.45, 7) is 7.70. The largest absolute Gasteiger partial charge is 0.465 e. The first-order chi connectivity index (χ1) is 14.1. The molecule has 1 aliphatic heterocycles. The van der Waals surface area contributed by atoms with Crippen molar-refractivity contribution in [2.45, 2.75) is 57.8 Å². The summed E-state index contributed by atoms with van der Waals surface area (Å²) >= 11 is 0. The van der Waals surface area contributed by atoms with E-state index in [0.29, 0.717) is 12.1 Å². The topological polar surface area (TPSA) is 117 Å². The van der Waals surface area contributed by atoms with Crippen molar-refractivity contribution in [2.75, 3.05) is 19.8 Å². The van der Waals surface area contributed by atoms with Gasteiger partial charge in [0.25, 0.3) is 5.91 Å². The third kappa shape index (κ3) is 4.91. The average Bonchev–Trinajstić information content (AvgIpc) is 3.22. The highest BCUT2D eigenvalue weighted by atomic mass is 16.5. The number of hydrogen-bond donors (Lipinski definition) is 3. The number of benzene rings is 1. The summed E-state index contributed by atoms with van der Waals surface area (Å²) in [5.41, 5.74) is 0.230. The van der Waals surface area contributed by atoms with Gasteiger partial charge in [0, 0.05) is 24.0 Å². The Hall–Kier alpha value is -2.65. The number of hydrogen-bond acceptors (Lipinski definition) is 5. The van der Waals surface area contributed by atoms with Crippen LogP contribution in [0.4, 0.5) is 4.79 Å². The molecule has 2 aromatic rings. The van der Waals surface area contributed by atoms with Gasteiger partial charge in [0.2, 0.25) is 0 Å². The Morgan fingerprint density at radius 2 is 2.03 bits per heavy atom. The van der Waals surface area contributed by atoms with E-state index >= 15 is 0 Å². The molecule has 2 atom stereocenters. The minimum atomic E-state index is -1.06. The minimum absolute atomic E-state index is 0.0998. The molecule has 0 saturated carbocycles. The zero-order chi connectivity index (χ0) is 22.1. The molecule has 9 nitrogen and oxygen atoms in total. The van der Waals surface area contributed by atoms with Gasteiger partial charge in [-0.05, 0) is 40.2 Å². The molecule has 0 aliphatic carbocycles. The van der Waals surface area contributed by atoms with Gasteiger partial charge in [-0.25, -0.2) is 4.79 Å². The van der Waals surface area contributed by atoms with E-state index in [1.165, 1.54) is 4.90 Å². The molecule has 3 rings (SSSR count). The number of nitrogens with one attached hydrogen (secondary N) is 1. The lowest BCUT2D eigenvalue weighted by Gasteiger charge is -2.23. The second kappa shape index (κ2) is 8.61. The van der Waals surface area contributed by atoms with E-state index < -0.39 is 11.7 Å². The zero-order valence-electron chi connectivity index (χ0n) is 17.8. The fraction of sp³-hybridized carbons (Fsp3) is 0.571. The number of nitrogens with zero attached hydrogens (tertiary/aromatic N) is 3. The predicted molar refractivity (Wildman–Crippen MR) is 112 cm³/mol. The SMILES string of the molecule is CC(C)n1nc(C(=O)N[C@H]2C[C@@H](COCC(C)(C)O)N(C(=O)O)C2)c2ccccc21. The van der Waals surface area contributed by atoms with Crippen molar-refractivity contribution >= 4 is 22.9 Å². The number of amides is 2. The van der Waals surface area contributed by atoms with Crippen LogP contribution in [0, 0.1) is 0 Å². The standard InChI is InChI=1S/C21H30N4O5/c1-13(2)25-17-8-6-5-7-16(17)18(23-25)19(26)22-14-9-15(24(10-14)20(27)28)11-30-12-21(3,4)29/h5-8,13-15,29H,9-12H2,1-4H3,(H,22,26)(H,27,28)/t14-,15-/m0/s1. The zero-order valence-corrected chi connectivity index (χ0v) is 17.8. The van der Waals surface area contributed by atoms with Crippen molar-refractivity contribution < 1.29 is 24.5 Å². The lowest BCUT2D eigenvalue weighted by molar-refractivity contribution is -0.0321. The van der Waals surface area contributed by atoms with E-state index in [-0.39, 0.29) is 43.8 Å². The molecule has 0 spiro atoms. The molecule has 2 heterocycles. The molecule has 0 radical (unpaired) electrons. The number of carbonyl (C=O) groups excluding carboxylic acids is 1. The van der Waals surface area contributed by atoms with Gasteiger partial charge < -0.3 is 25.2 Å². The lowest BCUT2D eigenvalue weighted by Crippen LogP contribution is -2.40. The number of para-hydroxylation sites is 1. The van der Waals surface area contributed by atoms with E-state index in [1.54, 1.807) is 13.8 Å². The Bertz CT molecular complexity index is 918. The first kappa shape index (κ1) is 22.0. The maximum Gasteiger partial charge on any atom is 0.407 e. The van der Waals surface area contributed by atoms with E-state index in [0.717, 1.165) is 10.9 Å². The van der Waals surface area contributed by atoms with Crippen LogP contribution in [0.3, 0.4) is 0 Å². The first-order valence-electron chi connectivity index (χ1n) is 10.1. The number of fused-ring (bicyclic) bond motifs is 1. The van der Waals surface area contributed by atoms with Gasteiger partial charge in [-0.1, -0.05) is 18.2 Å². The molecule has 164 valence electrons. The van der Waals surface area contributed by atoms with Gasteiger partial charge in [0.15, 0.2) is 5.69 Å². The molecular weight excluding hydrogens is 388 g/mol. The highest BCUT2D eigenvalue weighted by Gasteiger charge is 2.37. The van der Waals surface area contributed by atoms with Crippen molar-refractivity contribution in [1.82, 2.24) is 20.0 Å². The molecule has 1 aliphatic rings.